The Bertz CT molecular complexity index is 858. The third-order valence-corrected chi connectivity index (χ3v) is 4.32. The zero-order chi connectivity index (χ0) is 15.0. The van der Waals surface area contributed by atoms with Crippen molar-refractivity contribution in [3.63, 3.8) is 0 Å². The van der Waals surface area contributed by atoms with E-state index in [-0.39, 0.29) is 11.4 Å². The number of rotatable bonds is 3. The van der Waals surface area contributed by atoms with E-state index in [1.54, 1.807) is 18.2 Å². The van der Waals surface area contributed by atoms with Gasteiger partial charge in [0, 0.05) is 0 Å². The molecule has 21 heavy (non-hydrogen) atoms. The Kier molecular flexibility index (Phi) is 3.77. The second-order valence-corrected chi connectivity index (χ2v) is 6.06. The van der Waals surface area contributed by atoms with E-state index in [0.29, 0.717) is 27.6 Å². The molecule has 0 atom stereocenters. The number of hydrogen-bond acceptors (Lipinski definition) is 4. The van der Waals surface area contributed by atoms with Crippen LogP contribution in [-0.4, -0.2) is 16.2 Å². The average Bonchev–Trinajstić information content (AvgIpc) is 2.84. The summed E-state index contributed by atoms with van der Waals surface area (Å²) in [7, 11) is 0. The van der Waals surface area contributed by atoms with Gasteiger partial charge in [0.1, 0.15) is 5.82 Å². The molecule has 0 spiro atoms. The zero-order valence-corrected chi connectivity index (χ0v) is 13.4. The van der Waals surface area contributed by atoms with Gasteiger partial charge in [0.2, 0.25) is 0 Å². The van der Waals surface area contributed by atoms with Crippen LogP contribution in [0, 0.1) is 5.82 Å². The number of pyridine rings is 1. The molecule has 7 heteroatoms. The molecule has 0 aliphatic heterocycles. The number of halogens is 2. The SMILES string of the molecule is CCOc1nc2c(cc(Br)c(=O)n2-c2ccc(F)cc2)s1. The van der Waals surface area contributed by atoms with Crippen molar-refractivity contribution in [2.45, 2.75) is 6.92 Å². The highest BCUT2D eigenvalue weighted by molar-refractivity contribution is 9.10. The highest BCUT2D eigenvalue weighted by atomic mass is 79.9. The number of benzene rings is 1. The number of aromatic nitrogens is 2. The number of nitrogens with zero attached hydrogens (tertiary/aromatic N) is 2. The quantitative estimate of drug-likeness (QED) is 0.707. The van der Waals surface area contributed by atoms with Crippen molar-refractivity contribution in [3.05, 3.63) is 51.0 Å². The Morgan fingerprint density at radius 1 is 1.38 bits per heavy atom. The van der Waals surface area contributed by atoms with Gasteiger partial charge in [-0.15, -0.1) is 0 Å². The predicted molar refractivity (Wildman–Crippen MR) is 84.0 cm³/mol. The summed E-state index contributed by atoms with van der Waals surface area (Å²) in [5.74, 6) is -0.355. The molecule has 0 aliphatic carbocycles. The summed E-state index contributed by atoms with van der Waals surface area (Å²) >= 11 is 4.62. The van der Waals surface area contributed by atoms with Crippen LogP contribution >= 0.6 is 27.3 Å². The molecular formula is C14H10BrFN2O2S. The van der Waals surface area contributed by atoms with Gasteiger partial charge in [-0.2, -0.15) is 4.98 Å². The minimum atomic E-state index is -0.355. The van der Waals surface area contributed by atoms with E-state index in [4.69, 9.17) is 4.74 Å². The van der Waals surface area contributed by atoms with Crippen LogP contribution in [0.1, 0.15) is 6.92 Å². The summed E-state index contributed by atoms with van der Waals surface area (Å²) in [6, 6.07) is 7.43. The average molecular weight is 369 g/mol. The Labute approximate surface area is 131 Å². The first kappa shape index (κ1) is 14.2. The molecule has 0 N–H and O–H groups in total. The van der Waals surface area contributed by atoms with Crippen molar-refractivity contribution in [2.24, 2.45) is 0 Å². The summed E-state index contributed by atoms with van der Waals surface area (Å²) in [5, 5.41) is 0.501. The van der Waals surface area contributed by atoms with Crippen LogP contribution in [0.15, 0.2) is 39.6 Å². The van der Waals surface area contributed by atoms with Gasteiger partial charge < -0.3 is 4.74 Å². The first-order chi connectivity index (χ1) is 10.1. The van der Waals surface area contributed by atoms with E-state index in [2.05, 4.69) is 20.9 Å². The summed E-state index contributed by atoms with van der Waals surface area (Å²) in [6.45, 7) is 2.37. The molecule has 0 bridgehead atoms. The van der Waals surface area contributed by atoms with Crippen molar-refractivity contribution in [2.75, 3.05) is 6.61 Å². The lowest BCUT2D eigenvalue weighted by Gasteiger charge is -2.07. The fourth-order valence-corrected chi connectivity index (χ4v) is 3.41. The summed E-state index contributed by atoms with van der Waals surface area (Å²) < 4.78 is 21.1. The molecule has 4 nitrogen and oxygen atoms in total. The van der Waals surface area contributed by atoms with Crippen molar-refractivity contribution in [3.8, 4) is 10.9 Å². The molecular weight excluding hydrogens is 359 g/mol. The minimum absolute atomic E-state index is 0.248. The first-order valence-corrected chi connectivity index (χ1v) is 7.82. The van der Waals surface area contributed by atoms with Crippen LogP contribution in [0.25, 0.3) is 16.0 Å². The highest BCUT2D eigenvalue weighted by Crippen LogP contribution is 2.29. The first-order valence-electron chi connectivity index (χ1n) is 6.21. The monoisotopic (exact) mass is 368 g/mol. The van der Waals surface area contributed by atoms with E-state index in [0.717, 1.165) is 4.70 Å². The Morgan fingerprint density at radius 3 is 2.76 bits per heavy atom. The van der Waals surface area contributed by atoms with Gasteiger partial charge in [-0.05, 0) is 53.2 Å². The molecule has 0 radical (unpaired) electrons. The summed E-state index contributed by atoms with van der Waals surface area (Å²) in [5.41, 5.74) is 0.812. The lowest BCUT2D eigenvalue weighted by Crippen LogP contribution is -2.19. The zero-order valence-electron chi connectivity index (χ0n) is 11.0. The van der Waals surface area contributed by atoms with Gasteiger partial charge in [0.25, 0.3) is 10.8 Å². The van der Waals surface area contributed by atoms with E-state index in [9.17, 15) is 9.18 Å². The highest BCUT2D eigenvalue weighted by Gasteiger charge is 2.14. The maximum absolute atomic E-state index is 13.1. The number of ether oxygens (including phenoxy) is 1. The normalized spacial score (nSPS) is 11.0. The molecule has 0 saturated heterocycles. The van der Waals surface area contributed by atoms with E-state index in [1.165, 1.54) is 28.0 Å². The standard InChI is InChI=1S/C14H10BrFN2O2S/c1-2-20-14-17-12-11(21-14)7-10(15)13(19)18(12)9-5-3-8(16)4-6-9/h3-7H,2H2,1H3. The van der Waals surface area contributed by atoms with Crippen molar-refractivity contribution in [1.82, 2.24) is 9.55 Å². The van der Waals surface area contributed by atoms with Gasteiger partial charge in [0.05, 0.1) is 21.5 Å². The van der Waals surface area contributed by atoms with E-state index >= 15 is 0 Å². The molecule has 0 unspecified atom stereocenters. The molecule has 1 aromatic carbocycles. The third kappa shape index (κ3) is 2.58. The van der Waals surface area contributed by atoms with Gasteiger partial charge in [-0.25, -0.2) is 4.39 Å². The van der Waals surface area contributed by atoms with Crippen LogP contribution in [0.5, 0.6) is 5.19 Å². The number of hydrogen-bond donors (Lipinski definition) is 0. The lowest BCUT2D eigenvalue weighted by molar-refractivity contribution is 0.339. The number of thiazole rings is 1. The number of fused-ring (bicyclic) bond motifs is 1. The molecule has 2 aromatic heterocycles. The topological polar surface area (TPSA) is 44.1 Å². The minimum Gasteiger partial charge on any atom is -0.470 e. The maximum Gasteiger partial charge on any atom is 0.275 e. The van der Waals surface area contributed by atoms with Crippen LogP contribution in [0.4, 0.5) is 4.39 Å². The van der Waals surface area contributed by atoms with Crippen LogP contribution < -0.4 is 10.3 Å². The summed E-state index contributed by atoms with van der Waals surface area (Å²) in [6.07, 6.45) is 0. The smallest absolute Gasteiger partial charge is 0.275 e. The van der Waals surface area contributed by atoms with Crippen LogP contribution in [-0.2, 0) is 0 Å². The Hall–Kier alpha value is -1.73. The maximum atomic E-state index is 13.1. The Morgan fingerprint density at radius 2 is 2.10 bits per heavy atom. The molecule has 0 amide bonds. The second-order valence-electron chi connectivity index (χ2n) is 4.21. The largest absolute Gasteiger partial charge is 0.470 e. The van der Waals surface area contributed by atoms with Crippen molar-refractivity contribution >= 4 is 37.6 Å². The second kappa shape index (κ2) is 5.57. The van der Waals surface area contributed by atoms with E-state index < -0.39 is 0 Å². The van der Waals surface area contributed by atoms with E-state index in [1.807, 2.05) is 6.92 Å². The van der Waals surface area contributed by atoms with Crippen LogP contribution in [0.2, 0.25) is 0 Å². The Balaban J connectivity index is 2.30. The van der Waals surface area contributed by atoms with Gasteiger partial charge in [-0.1, -0.05) is 11.3 Å². The molecule has 3 aromatic rings. The van der Waals surface area contributed by atoms with Gasteiger partial charge in [0.15, 0.2) is 5.65 Å². The fraction of sp³-hybridized carbons (Fsp3) is 0.143. The predicted octanol–water partition coefficient (Wildman–Crippen LogP) is 3.75. The van der Waals surface area contributed by atoms with Crippen LogP contribution in [0.3, 0.4) is 0 Å². The lowest BCUT2D eigenvalue weighted by atomic mass is 10.3. The fourth-order valence-electron chi connectivity index (χ4n) is 1.95. The molecule has 2 heterocycles. The third-order valence-electron chi connectivity index (χ3n) is 2.84. The molecule has 108 valence electrons. The van der Waals surface area contributed by atoms with Crippen molar-refractivity contribution in [1.29, 1.82) is 0 Å². The molecule has 0 saturated carbocycles. The summed E-state index contributed by atoms with van der Waals surface area (Å²) in [4.78, 5) is 16.7. The molecule has 3 rings (SSSR count). The van der Waals surface area contributed by atoms with Crippen molar-refractivity contribution < 1.29 is 9.13 Å². The molecule has 0 aliphatic rings. The molecule has 0 fully saturated rings. The van der Waals surface area contributed by atoms with Gasteiger partial charge in [-0.3, -0.25) is 9.36 Å². The van der Waals surface area contributed by atoms with Gasteiger partial charge >= 0.3 is 0 Å².